The number of aliphatic hydroxyl groups is 2. The number of anilines is 1. The van der Waals surface area contributed by atoms with Crippen LogP contribution in [0.3, 0.4) is 0 Å². The second kappa shape index (κ2) is 4.30. The summed E-state index contributed by atoms with van der Waals surface area (Å²) in [5, 5.41) is 18.6. The first-order valence-electron chi connectivity index (χ1n) is 5.36. The summed E-state index contributed by atoms with van der Waals surface area (Å²) < 4.78 is 20.4. The van der Waals surface area contributed by atoms with Gasteiger partial charge in [-0.05, 0) is 13.0 Å². The van der Waals surface area contributed by atoms with Crippen LogP contribution in [0.4, 0.5) is 10.2 Å². The van der Waals surface area contributed by atoms with Gasteiger partial charge in [-0.1, -0.05) is 0 Å². The van der Waals surface area contributed by atoms with Gasteiger partial charge in [0.1, 0.15) is 18.0 Å². The first-order chi connectivity index (χ1) is 8.37. The van der Waals surface area contributed by atoms with E-state index in [2.05, 4.69) is 4.98 Å². The van der Waals surface area contributed by atoms with Crippen LogP contribution >= 0.6 is 0 Å². The summed E-state index contributed by atoms with van der Waals surface area (Å²) in [7, 11) is 0. The standard InChI is InChI=1S/C10H14FN3O4/c1-10(11)7(16)5(4-15)18-8(10)14-3-2-6(12)13-9(14)17/h2-3,5,7-8,15-16H,4H2,1H3,(H2,12,13,17)/t5?,7-,8+,10+/m0/s1. The second-order valence-corrected chi connectivity index (χ2v) is 4.35. The summed E-state index contributed by atoms with van der Waals surface area (Å²) in [6.45, 7) is 0.551. The lowest BCUT2D eigenvalue weighted by atomic mass is 9.98. The fourth-order valence-corrected chi connectivity index (χ4v) is 1.97. The quantitative estimate of drug-likeness (QED) is 0.615. The number of aromatic nitrogens is 2. The van der Waals surface area contributed by atoms with Crippen molar-refractivity contribution in [3.63, 3.8) is 0 Å². The summed E-state index contributed by atoms with van der Waals surface area (Å²) >= 11 is 0. The Morgan fingerprint density at radius 3 is 2.89 bits per heavy atom. The average Bonchev–Trinajstić information content (AvgIpc) is 2.52. The number of nitrogen functional groups attached to an aromatic ring is 1. The van der Waals surface area contributed by atoms with Crippen molar-refractivity contribution in [3.05, 3.63) is 22.7 Å². The zero-order valence-corrected chi connectivity index (χ0v) is 9.65. The number of halogens is 1. The Labute approximate surface area is 102 Å². The number of hydrogen-bond donors (Lipinski definition) is 3. The van der Waals surface area contributed by atoms with Crippen LogP contribution < -0.4 is 11.4 Å². The van der Waals surface area contributed by atoms with E-state index >= 15 is 0 Å². The maximum Gasteiger partial charge on any atom is 0.351 e. The Kier molecular flexibility index (Phi) is 3.09. The van der Waals surface area contributed by atoms with Gasteiger partial charge in [0.25, 0.3) is 0 Å². The van der Waals surface area contributed by atoms with Gasteiger partial charge in [-0.25, -0.2) is 9.18 Å². The molecule has 4 atom stereocenters. The van der Waals surface area contributed by atoms with Gasteiger partial charge in [0, 0.05) is 6.20 Å². The summed E-state index contributed by atoms with van der Waals surface area (Å²) in [5.41, 5.74) is 2.33. The fraction of sp³-hybridized carbons (Fsp3) is 0.600. The normalized spacial score (nSPS) is 35.9. The first-order valence-corrected chi connectivity index (χ1v) is 5.36. The Balaban J connectivity index is 2.42. The van der Waals surface area contributed by atoms with Gasteiger partial charge in [0.2, 0.25) is 0 Å². The summed E-state index contributed by atoms with van der Waals surface area (Å²) in [4.78, 5) is 15.1. The van der Waals surface area contributed by atoms with E-state index in [0.717, 1.165) is 11.5 Å². The number of alkyl halides is 1. The van der Waals surface area contributed by atoms with Gasteiger partial charge in [0.05, 0.1) is 6.61 Å². The molecule has 0 aromatic carbocycles. The van der Waals surface area contributed by atoms with Crippen LogP contribution in [0.25, 0.3) is 0 Å². The molecule has 1 saturated heterocycles. The van der Waals surface area contributed by atoms with E-state index in [9.17, 15) is 14.3 Å². The molecule has 4 N–H and O–H groups in total. The second-order valence-electron chi connectivity index (χ2n) is 4.35. The molecule has 0 saturated carbocycles. The maximum atomic E-state index is 14.4. The van der Waals surface area contributed by atoms with Crippen LogP contribution in [0.1, 0.15) is 13.2 Å². The average molecular weight is 259 g/mol. The molecule has 0 bridgehead atoms. The minimum Gasteiger partial charge on any atom is -0.394 e. The van der Waals surface area contributed by atoms with Gasteiger partial charge >= 0.3 is 5.69 Å². The van der Waals surface area contributed by atoms with Crippen molar-refractivity contribution in [3.8, 4) is 0 Å². The van der Waals surface area contributed by atoms with Crippen molar-refractivity contribution in [1.82, 2.24) is 9.55 Å². The highest BCUT2D eigenvalue weighted by molar-refractivity contribution is 5.23. The molecule has 1 aromatic heterocycles. The monoisotopic (exact) mass is 259 g/mol. The van der Waals surface area contributed by atoms with Crippen molar-refractivity contribution in [1.29, 1.82) is 0 Å². The third-order valence-corrected chi connectivity index (χ3v) is 3.00. The predicted molar refractivity (Wildman–Crippen MR) is 59.4 cm³/mol. The number of nitrogens with two attached hydrogens (primary N) is 1. The third kappa shape index (κ3) is 1.88. The predicted octanol–water partition coefficient (Wildman–Crippen LogP) is -1.20. The Morgan fingerprint density at radius 1 is 1.72 bits per heavy atom. The van der Waals surface area contributed by atoms with E-state index in [0.29, 0.717) is 0 Å². The van der Waals surface area contributed by atoms with Crippen LogP contribution in [0, 0.1) is 0 Å². The van der Waals surface area contributed by atoms with E-state index in [1.807, 2.05) is 0 Å². The molecule has 1 unspecified atom stereocenters. The molecule has 1 aliphatic heterocycles. The van der Waals surface area contributed by atoms with Gasteiger partial charge in [-0.2, -0.15) is 4.98 Å². The number of hydrogen-bond acceptors (Lipinski definition) is 6. The van der Waals surface area contributed by atoms with E-state index in [-0.39, 0.29) is 5.82 Å². The van der Waals surface area contributed by atoms with Crippen LogP contribution in [0.2, 0.25) is 0 Å². The molecule has 0 radical (unpaired) electrons. The van der Waals surface area contributed by atoms with E-state index < -0.39 is 36.4 Å². The van der Waals surface area contributed by atoms with E-state index in [4.69, 9.17) is 15.6 Å². The SMILES string of the molecule is C[C@@]1(F)[C@@H](O)C(CO)O[C@H]1n1ccc(N)nc1=O. The van der Waals surface area contributed by atoms with Crippen molar-refractivity contribution >= 4 is 5.82 Å². The molecule has 1 fully saturated rings. The molecule has 100 valence electrons. The lowest BCUT2D eigenvalue weighted by molar-refractivity contribution is -0.0610. The summed E-state index contributed by atoms with van der Waals surface area (Å²) in [6.07, 6.45) is -2.74. The molecule has 0 aliphatic carbocycles. The molecule has 7 nitrogen and oxygen atoms in total. The lowest BCUT2D eigenvalue weighted by Crippen LogP contribution is -2.42. The van der Waals surface area contributed by atoms with Gasteiger partial charge in [-0.3, -0.25) is 4.57 Å². The Morgan fingerprint density at radius 2 is 2.39 bits per heavy atom. The van der Waals surface area contributed by atoms with Gasteiger partial charge < -0.3 is 20.7 Å². The molecular weight excluding hydrogens is 245 g/mol. The van der Waals surface area contributed by atoms with Crippen LogP contribution in [0.5, 0.6) is 0 Å². The minimum absolute atomic E-state index is 0.00839. The highest BCUT2D eigenvalue weighted by atomic mass is 19.1. The number of aliphatic hydroxyl groups excluding tert-OH is 2. The highest BCUT2D eigenvalue weighted by Crippen LogP contribution is 2.40. The Hall–Kier alpha value is -1.51. The molecule has 8 heteroatoms. The maximum absolute atomic E-state index is 14.4. The third-order valence-electron chi connectivity index (χ3n) is 3.00. The summed E-state index contributed by atoms with van der Waals surface area (Å²) in [5.74, 6) is 0.00839. The van der Waals surface area contributed by atoms with Crippen LogP contribution in [-0.4, -0.2) is 44.2 Å². The molecule has 2 heterocycles. The van der Waals surface area contributed by atoms with Crippen molar-refractivity contribution in [2.75, 3.05) is 12.3 Å². The molecule has 2 rings (SSSR count). The molecule has 1 aromatic rings. The highest BCUT2D eigenvalue weighted by Gasteiger charge is 2.55. The zero-order chi connectivity index (χ0) is 13.5. The van der Waals surface area contributed by atoms with E-state index in [1.165, 1.54) is 12.3 Å². The molecular formula is C10H14FN3O4. The Bertz CT molecular complexity index is 504. The number of nitrogens with zero attached hydrogens (tertiary/aromatic N) is 2. The minimum atomic E-state index is -2.21. The van der Waals surface area contributed by atoms with Crippen molar-refractivity contribution < 1.29 is 19.3 Å². The topological polar surface area (TPSA) is 111 Å². The van der Waals surface area contributed by atoms with E-state index in [1.54, 1.807) is 0 Å². The van der Waals surface area contributed by atoms with Crippen LogP contribution in [-0.2, 0) is 4.74 Å². The summed E-state index contributed by atoms with van der Waals surface area (Å²) in [6, 6.07) is 1.32. The van der Waals surface area contributed by atoms with Gasteiger partial charge in [-0.15, -0.1) is 0 Å². The number of ether oxygens (including phenoxy) is 1. The fourth-order valence-electron chi connectivity index (χ4n) is 1.97. The first kappa shape index (κ1) is 12.9. The van der Waals surface area contributed by atoms with Crippen molar-refractivity contribution in [2.45, 2.75) is 31.0 Å². The van der Waals surface area contributed by atoms with Crippen molar-refractivity contribution in [2.24, 2.45) is 0 Å². The number of rotatable bonds is 2. The molecule has 0 spiro atoms. The zero-order valence-electron chi connectivity index (χ0n) is 9.65. The largest absolute Gasteiger partial charge is 0.394 e. The molecule has 0 amide bonds. The smallest absolute Gasteiger partial charge is 0.351 e. The molecule has 18 heavy (non-hydrogen) atoms. The van der Waals surface area contributed by atoms with Crippen LogP contribution in [0.15, 0.2) is 17.1 Å². The molecule has 1 aliphatic rings. The van der Waals surface area contributed by atoms with Gasteiger partial charge in [0.15, 0.2) is 11.9 Å². The lowest BCUT2D eigenvalue weighted by Gasteiger charge is -2.24.